The number of rotatable bonds is 9. The Labute approximate surface area is 227 Å². The number of carbonyl (C=O) groups is 3. The van der Waals surface area contributed by atoms with Gasteiger partial charge in [-0.15, -0.1) is 0 Å². The molecule has 1 amide bonds. The van der Waals surface area contributed by atoms with Crippen LogP contribution in [-0.2, 0) is 36.8 Å². The molecule has 3 aromatic rings. The minimum Gasteiger partial charge on any atom is -0.481 e. The largest absolute Gasteiger partial charge is 0.481 e. The second-order valence-corrected chi connectivity index (χ2v) is 10.5. The first-order valence-electron chi connectivity index (χ1n) is 12.8. The maximum Gasteiger partial charge on any atom is 0.411 e. The van der Waals surface area contributed by atoms with Crippen molar-refractivity contribution in [1.82, 2.24) is 0 Å². The molecule has 39 heavy (non-hydrogen) atoms. The Morgan fingerprint density at radius 2 is 1.56 bits per heavy atom. The standard InChI is InChI=1S/C31H33NO7/c1-19-21(16-37-18-29(35)39-31(2,3)4)13-20(15-28(33)34)14-27(19)32-30(36)38-17-26-24-11-7-5-9-22(24)23-10-6-8-12-25(23)26/h5-14,26H,15-18H2,1-4H3,(H,32,36)(H,33,34). The summed E-state index contributed by atoms with van der Waals surface area (Å²) < 4.78 is 16.5. The van der Waals surface area contributed by atoms with E-state index in [0.717, 1.165) is 22.3 Å². The fourth-order valence-corrected chi connectivity index (χ4v) is 4.76. The van der Waals surface area contributed by atoms with Crippen molar-refractivity contribution in [3.8, 4) is 11.1 Å². The van der Waals surface area contributed by atoms with Crippen LogP contribution in [0.25, 0.3) is 11.1 Å². The number of fused-ring (bicyclic) bond motifs is 3. The number of carboxylic acids is 1. The fourth-order valence-electron chi connectivity index (χ4n) is 4.76. The maximum atomic E-state index is 12.9. The molecule has 0 radical (unpaired) electrons. The summed E-state index contributed by atoms with van der Waals surface area (Å²) in [7, 11) is 0. The molecule has 204 valence electrons. The lowest BCUT2D eigenvalue weighted by Gasteiger charge is -2.20. The molecule has 0 aliphatic heterocycles. The van der Waals surface area contributed by atoms with Gasteiger partial charge in [-0.25, -0.2) is 9.59 Å². The number of benzene rings is 3. The molecule has 4 rings (SSSR count). The zero-order chi connectivity index (χ0) is 28.2. The number of anilines is 1. The minimum atomic E-state index is -1.01. The summed E-state index contributed by atoms with van der Waals surface area (Å²) in [6, 6.07) is 19.5. The van der Waals surface area contributed by atoms with Crippen LogP contribution in [0.3, 0.4) is 0 Å². The third-order valence-electron chi connectivity index (χ3n) is 6.41. The Hall–Kier alpha value is -4.17. The molecule has 1 aliphatic rings. The number of carbonyl (C=O) groups excluding carboxylic acids is 2. The summed E-state index contributed by atoms with van der Waals surface area (Å²) in [6.45, 7) is 7.03. The van der Waals surface area contributed by atoms with Crippen LogP contribution in [0, 0.1) is 6.92 Å². The fraction of sp³-hybridized carbons (Fsp3) is 0.323. The average molecular weight is 532 g/mol. The van der Waals surface area contributed by atoms with Gasteiger partial charge in [0.1, 0.15) is 18.8 Å². The summed E-state index contributed by atoms with van der Waals surface area (Å²) in [5, 5.41) is 12.1. The Morgan fingerprint density at radius 1 is 0.949 bits per heavy atom. The second kappa shape index (κ2) is 11.7. The number of hydrogen-bond acceptors (Lipinski definition) is 6. The third-order valence-corrected chi connectivity index (χ3v) is 6.41. The Morgan fingerprint density at radius 3 is 2.15 bits per heavy atom. The average Bonchev–Trinajstić information content (AvgIpc) is 3.17. The van der Waals surface area contributed by atoms with Crippen LogP contribution in [0.15, 0.2) is 60.7 Å². The summed E-state index contributed by atoms with van der Waals surface area (Å²) in [6.07, 6.45) is -0.883. The van der Waals surface area contributed by atoms with Crippen LogP contribution in [0.5, 0.6) is 0 Å². The van der Waals surface area contributed by atoms with Crippen molar-refractivity contribution in [2.24, 2.45) is 0 Å². The van der Waals surface area contributed by atoms with Gasteiger partial charge in [-0.2, -0.15) is 0 Å². The zero-order valence-corrected chi connectivity index (χ0v) is 22.6. The Bertz CT molecular complexity index is 1340. The van der Waals surface area contributed by atoms with Crippen molar-refractivity contribution in [2.45, 2.75) is 52.2 Å². The van der Waals surface area contributed by atoms with Crippen LogP contribution in [0.1, 0.15) is 54.5 Å². The lowest BCUT2D eigenvalue weighted by atomic mass is 9.98. The predicted molar refractivity (Wildman–Crippen MR) is 147 cm³/mol. The van der Waals surface area contributed by atoms with E-state index in [4.69, 9.17) is 14.2 Å². The number of ether oxygens (including phenoxy) is 3. The van der Waals surface area contributed by atoms with Crippen LogP contribution < -0.4 is 5.32 Å². The van der Waals surface area contributed by atoms with Crippen molar-refractivity contribution in [3.05, 3.63) is 88.5 Å². The number of amides is 1. The van der Waals surface area contributed by atoms with Crippen molar-refractivity contribution in [3.63, 3.8) is 0 Å². The molecular weight excluding hydrogens is 498 g/mol. The highest BCUT2D eigenvalue weighted by atomic mass is 16.6. The van der Waals surface area contributed by atoms with Gasteiger partial charge in [0, 0.05) is 11.6 Å². The van der Waals surface area contributed by atoms with E-state index in [1.807, 2.05) is 36.4 Å². The van der Waals surface area contributed by atoms with Gasteiger partial charge in [-0.1, -0.05) is 54.6 Å². The molecule has 3 aromatic carbocycles. The Kier molecular flexibility index (Phi) is 8.35. The van der Waals surface area contributed by atoms with Gasteiger partial charge in [0.25, 0.3) is 0 Å². The van der Waals surface area contributed by atoms with E-state index in [-0.39, 0.29) is 32.2 Å². The zero-order valence-electron chi connectivity index (χ0n) is 22.6. The van der Waals surface area contributed by atoms with Crippen molar-refractivity contribution >= 4 is 23.7 Å². The molecule has 0 saturated carbocycles. The smallest absolute Gasteiger partial charge is 0.411 e. The van der Waals surface area contributed by atoms with Crippen molar-refractivity contribution in [2.75, 3.05) is 18.5 Å². The quantitative estimate of drug-likeness (QED) is 0.334. The highest BCUT2D eigenvalue weighted by molar-refractivity contribution is 5.87. The molecular formula is C31H33NO7. The molecule has 0 saturated heterocycles. The molecule has 0 bridgehead atoms. The first kappa shape index (κ1) is 27.9. The van der Waals surface area contributed by atoms with Crippen LogP contribution in [-0.4, -0.2) is 42.0 Å². The van der Waals surface area contributed by atoms with Gasteiger partial charge in [0.2, 0.25) is 0 Å². The summed E-state index contributed by atoms with van der Waals surface area (Å²) in [4.78, 5) is 36.3. The van der Waals surface area contributed by atoms with E-state index >= 15 is 0 Å². The first-order valence-corrected chi connectivity index (χ1v) is 12.8. The molecule has 0 spiro atoms. The highest BCUT2D eigenvalue weighted by Crippen LogP contribution is 2.44. The molecule has 2 N–H and O–H groups in total. The van der Waals surface area contributed by atoms with Gasteiger partial charge in [-0.05, 0) is 72.7 Å². The van der Waals surface area contributed by atoms with E-state index in [1.54, 1.807) is 39.8 Å². The maximum absolute atomic E-state index is 12.9. The van der Waals surface area contributed by atoms with Gasteiger partial charge in [0.05, 0.1) is 13.0 Å². The lowest BCUT2D eigenvalue weighted by molar-refractivity contribution is -0.160. The molecule has 0 unspecified atom stereocenters. The van der Waals surface area contributed by atoms with Crippen molar-refractivity contribution in [1.29, 1.82) is 0 Å². The number of hydrogen-bond donors (Lipinski definition) is 2. The molecule has 8 heteroatoms. The van der Waals surface area contributed by atoms with E-state index in [2.05, 4.69) is 17.4 Å². The number of carboxylic acid groups (broad SMARTS) is 1. The van der Waals surface area contributed by atoms with Gasteiger partial charge in [0.15, 0.2) is 0 Å². The second-order valence-electron chi connectivity index (χ2n) is 10.5. The lowest BCUT2D eigenvalue weighted by Crippen LogP contribution is -2.26. The molecule has 0 fully saturated rings. The van der Waals surface area contributed by atoms with E-state index < -0.39 is 23.6 Å². The van der Waals surface area contributed by atoms with E-state index in [0.29, 0.717) is 22.4 Å². The third kappa shape index (κ3) is 7.03. The summed E-state index contributed by atoms with van der Waals surface area (Å²) in [5.41, 5.74) is 6.09. The topological polar surface area (TPSA) is 111 Å². The summed E-state index contributed by atoms with van der Waals surface area (Å²) in [5.74, 6) is -1.59. The van der Waals surface area contributed by atoms with E-state index in [1.165, 1.54) is 0 Å². The SMILES string of the molecule is Cc1c(COCC(=O)OC(C)(C)C)cc(CC(=O)O)cc1NC(=O)OCC1c2ccccc2-c2ccccc21. The van der Waals surface area contributed by atoms with Gasteiger partial charge >= 0.3 is 18.0 Å². The molecule has 8 nitrogen and oxygen atoms in total. The van der Waals surface area contributed by atoms with Crippen LogP contribution >= 0.6 is 0 Å². The Balaban J connectivity index is 1.45. The molecule has 0 atom stereocenters. The van der Waals surface area contributed by atoms with Crippen LogP contribution in [0.4, 0.5) is 10.5 Å². The van der Waals surface area contributed by atoms with Crippen molar-refractivity contribution < 1.29 is 33.7 Å². The normalized spacial score (nSPS) is 12.4. The minimum absolute atomic E-state index is 0.0396. The molecule has 1 aliphatic carbocycles. The first-order chi connectivity index (χ1) is 18.5. The number of aliphatic carboxylic acids is 1. The highest BCUT2D eigenvalue weighted by Gasteiger charge is 2.29. The molecule has 0 heterocycles. The van der Waals surface area contributed by atoms with Gasteiger partial charge < -0.3 is 19.3 Å². The van der Waals surface area contributed by atoms with Gasteiger partial charge in [-0.3, -0.25) is 10.1 Å². The molecule has 0 aromatic heterocycles. The van der Waals surface area contributed by atoms with E-state index in [9.17, 15) is 19.5 Å². The number of esters is 1. The summed E-state index contributed by atoms with van der Waals surface area (Å²) >= 11 is 0. The van der Waals surface area contributed by atoms with Crippen LogP contribution in [0.2, 0.25) is 0 Å². The predicted octanol–water partition coefficient (Wildman–Crippen LogP) is 5.84. The number of nitrogens with one attached hydrogen (secondary N) is 1. The monoisotopic (exact) mass is 531 g/mol.